The lowest BCUT2D eigenvalue weighted by molar-refractivity contribution is 0.0877. The van der Waals surface area contributed by atoms with Crippen molar-refractivity contribution in [2.45, 2.75) is 19.4 Å². The van der Waals surface area contributed by atoms with Gasteiger partial charge in [-0.15, -0.1) is 0 Å². The number of ketones is 1. The Bertz CT molecular complexity index is 326. The molecular weight excluding hydrogens is 180 g/mol. The van der Waals surface area contributed by atoms with Crippen LogP contribution in [0.25, 0.3) is 0 Å². The molecule has 0 saturated carbocycles. The minimum absolute atomic E-state index is 0.0176. The Labute approximate surface area is 82.3 Å². The molecule has 1 aliphatic rings. The summed E-state index contributed by atoms with van der Waals surface area (Å²) >= 11 is 0. The van der Waals surface area contributed by atoms with Gasteiger partial charge in [-0.2, -0.15) is 0 Å². The van der Waals surface area contributed by atoms with Gasteiger partial charge in [0.1, 0.15) is 6.33 Å². The fraction of sp³-hybridized carbons (Fsp3) is 0.500. The first-order valence-corrected chi connectivity index (χ1v) is 4.68. The van der Waals surface area contributed by atoms with Gasteiger partial charge in [-0.3, -0.25) is 4.79 Å². The van der Waals surface area contributed by atoms with Crippen LogP contribution in [0.4, 0.5) is 0 Å². The second-order valence-corrected chi connectivity index (χ2v) is 3.57. The van der Waals surface area contributed by atoms with Crippen molar-refractivity contribution in [1.29, 1.82) is 0 Å². The Morgan fingerprint density at radius 1 is 1.50 bits per heavy atom. The molecule has 0 aromatic carbocycles. The lowest BCUT2D eigenvalue weighted by Gasteiger charge is -2.04. The predicted molar refractivity (Wildman–Crippen MR) is 49.9 cm³/mol. The summed E-state index contributed by atoms with van der Waals surface area (Å²) in [4.78, 5) is 19.5. The van der Waals surface area contributed by atoms with Gasteiger partial charge in [-0.05, 0) is 13.3 Å². The molecule has 1 fully saturated rings. The highest BCUT2D eigenvalue weighted by Gasteiger charge is 2.28. The number of Topliss-reactive ketones (excluding diaryl/α,β-unsaturated/α-hetero) is 1. The van der Waals surface area contributed by atoms with Crippen LogP contribution in [-0.4, -0.2) is 28.5 Å². The molecule has 2 unspecified atom stereocenters. The fourth-order valence-corrected chi connectivity index (χ4v) is 1.66. The summed E-state index contributed by atoms with van der Waals surface area (Å²) in [5.74, 6) is 0.0750. The average molecular weight is 192 g/mol. The quantitative estimate of drug-likeness (QED) is 0.658. The third-order valence-corrected chi connectivity index (χ3v) is 2.41. The smallest absolute Gasteiger partial charge is 0.171 e. The van der Waals surface area contributed by atoms with Gasteiger partial charge in [-0.25, -0.2) is 9.97 Å². The Morgan fingerprint density at radius 3 is 2.79 bits per heavy atom. The van der Waals surface area contributed by atoms with Crippen LogP contribution < -0.4 is 0 Å². The Kier molecular flexibility index (Phi) is 2.54. The average Bonchev–Trinajstić information content (AvgIpc) is 2.65. The molecule has 0 bridgehead atoms. The van der Waals surface area contributed by atoms with Crippen LogP contribution in [0.3, 0.4) is 0 Å². The first kappa shape index (κ1) is 9.27. The number of carbonyl (C=O) groups excluding carboxylic acids is 1. The molecule has 0 N–H and O–H groups in total. The molecule has 14 heavy (non-hydrogen) atoms. The maximum atomic E-state index is 11.8. The second kappa shape index (κ2) is 3.84. The molecular formula is C10H12N2O2. The van der Waals surface area contributed by atoms with E-state index in [1.54, 1.807) is 12.4 Å². The molecule has 2 rings (SSSR count). The Morgan fingerprint density at radius 2 is 2.21 bits per heavy atom. The maximum absolute atomic E-state index is 11.8. The fourth-order valence-electron chi connectivity index (χ4n) is 1.66. The summed E-state index contributed by atoms with van der Waals surface area (Å²) in [7, 11) is 0. The van der Waals surface area contributed by atoms with Crippen LogP contribution in [0.2, 0.25) is 0 Å². The van der Waals surface area contributed by atoms with E-state index >= 15 is 0 Å². The van der Waals surface area contributed by atoms with Gasteiger partial charge in [0.25, 0.3) is 0 Å². The van der Waals surface area contributed by atoms with Crippen molar-refractivity contribution in [1.82, 2.24) is 9.97 Å². The highest BCUT2D eigenvalue weighted by molar-refractivity contribution is 5.97. The van der Waals surface area contributed by atoms with Crippen LogP contribution in [0.5, 0.6) is 0 Å². The van der Waals surface area contributed by atoms with E-state index in [1.807, 2.05) is 6.92 Å². The van der Waals surface area contributed by atoms with Gasteiger partial charge < -0.3 is 4.74 Å². The Hall–Kier alpha value is -1.29. The van der Waals surface area contributed by atoms with E-state index in [-0.39, 0.29) is 17.8 Å². The van der Waals surface area contributed by atoms with E-state index in [0.29, 0.717) is 12.2 Å². The van der Waals surface area contributed by atoms with Crippen LogP contribution in [0.15, 0.2) is 18.7 Å². The molecule has 0 radical (unpaired) electrons. The minimum Gasteiger partial charge on any atom is -0.378 e. The monoisotopic (exact) mass is 192 g/mol. The standard InChI is InChI=1S/C10H12N2O2/c1-7-2-8(5-14-7)10(13)9-3-11-6-12-4-9/h3-4,6-8H,2,5H2,1H3. The van der Waals surface area contributed by atoms with Crippen LogP contribution in [0.1, 0.15) is 23.7 Å². The van der Waals surface area contributed by atoms with Crippen molar-refractivity contribution in [3.63, 3.8) is 0 Å². The van der Waals surface area contributed by atoms with Crippen molar-refractivity contribution in [2.24, 2.45) is 5.92 Å². The highest BCUT2D eigenvalue weighted by Crippen LogP contribution is 2.22. The van der Waals surface area contributed by atoms with E-state index in [0.717, 1.165) is 6.42 Å². The van der Waals surface area contributed by atoms with Gasteiger partial charge in [0.15, 0.2) is 5.78 Å². The van der Waals surface area contributed by atoms with Gasteiger partial charge in [-0.1, -0.05) is 0 Å². The van der Waals surface area contributed by atoms with Crippen LogP contribution >= 0.6 is 0 Å². The van der Waals surface area contributed by atoms with Crippen molar-refractivity contribution in [3.8, 4) is 0 Å². The molecule has 4 nitrogen and oxygen atoms in total. The summed E-state index contributed by atoms with van der Waals surface area (Å²) in [6, 6.07) is 0. The summed E-state index contributed by atoms with van der Waals surface area (Å²) in [6.45, 7) is 2.50. The van der Waals surface area contributed by atoms with Gasteiger partial charge in [0, 0.05) is 18.3 Å². The molecule has 74 valence electrons. The topological polar surface area (TPSA) is 52.1 Å². The zero-order chi connectivity index (χ0) is 9.97. The highest BCUT2D eigenvalue weighted by atomic mass is 16.5. The lowest BCUT2D eigenvalue weighted by atomic mass is 9.97. The van der Waals surface area contributed by atoms with Gasteiger partial charge in [0.2, 0.25) is 0 Å². The van der Waals surface area contributed by atoms with Gasteiger partial charge >= 0.3 is 0 Å². The minimum atomic E-state index is -0.0176. The molecule has 0 aliphatic carbocycles. The molecule has 0 amide bonds. The van der Waals surface area contributed by atoms with E-state index in [4.69, 9.17) is 4.74 Å². The molecule has 4 heteroatoms. The summed E-state index contributed by atoms with van der Waals surface area (Å²) in [5.41, 5.74) is 0.579. The lowest BCUT2D eigenvalue weighted by Crippen LogP contribution is -2.15. The van der Waals surface area contributed by atoms with Crippen molar-refractivity contribution in [3.05, 3.63) is 24.3 Å². The van der Waals surface area contributed by atoms with Gasteiger partial charge in [0.05, 0.1) is 18.3 Å². The number of carbonyl (C=O) groups is 1. The van der Waals surface area contributed by atoms with Crippen molar-refractivity contribution < 1.29 is 9.53 Å². The predicted octanol–water partition coefficient (Wildman–Crippen LogP) is 1.08. The second-order valence-electron chi connectivity index (χ2n) is 3.57. The first-order valence-electron chi connectivity index (χ1n) is 4.68. The number of rotatable bonds is 2. The SMILES string of the molecule is CC1CC(C(=O)c2cncnc2)CO1. The molecule has 1 aliphatic heterocycles. The molecule has 1 aromatic rings. The normalized spacial score (nSPS) is 26.4. The molecule has 2 atom stereocenters. The number of hydrogen-bond donors (Lipinski definition) is 0. The third-order valence-electron chi connectivity index (χ3n) is 2.41. The third kappa shape index (κ3) is 1.80. The van der Waals surface area contributed by atoms with E-state index in [1.165, 1.54) is 6.33 Å². The zero-order valence-electron chi connectivity index (χ0n) is 8.01. The summed E-state index contributed by atoms with van der Waals surface area (Å²) in [6.07, 6.45) is 5.52. The molecule has 1 aromatic heterocycles. The zero-order valence-corrected chi connectivity index (χ0v) is 8.01. The number of ether oxygens (including phenoxy) is 1. The van der Waals surface area contributed by atoms with Crippen LogP contribution in [-0.2, 0) is 4.74 Å². The van der Waals surface area contributed by atoms with E-state index in [9.17, 15) is 4.79 Å². The van der Waals surface area contributed by atoms with E-state index < -0.39 is 0 Å². The summed E-state index contributed by atoms with van der Waals surface area (Å²) in [5, 5.41) is 0. The number of aromatic nitrogens is 2. The maximum Gasteiger partial charge on any atom is 0.171 e. The van der Waals surface area contributed by atoms with Crippen LogP contribution in [0, 0.1) is 5.92 Å². The largest absolute Gasteiger partial charge is 0.378 e. The molecule has 2 heterocycles. The first-order chi connectivity index (χ1) is 6.77. The number of nitrogens with zero attached hydrogens (tertiary/aromatic N) is 2. The van der Waals surface area contributed by atoms with Crippen molar-refractivity contribution >= 4 is 5.78 Å². The molecule has 1 saturated heterocycles. The van der Waals surface area contributed by atoms with Crippen molar-refractivity contribution in [2.75, 3.05) is 6.61 Å². The number of hydrogen-bond acceptors (Lipinski definition) is 4. The summed E-state index contributed by atoms with van der Waals surface area (Å²) < 4.78 is 5.35. The van der Waals surface area contributed by atoms with E-state index in [2.05, 4.69) is 9.97 Å². The Balaban J connectivity index is 2.10. The molecule has 0 spiro atoms.